The predicted molar refractivity (Wildman–Crippen MR) is 90.2 cm³/mol. The van der Waals surface area contributed by atoms with Crippen molar-refractivity contribution < 1.29 is 24.9 Å². The Morgan fingerprint density at radius 3 is 2.71 bits per heavy atom. The van der Waals surface area contributed by atoms with Gasteiger partial charge in [-0.2, -0.15) is 0 Å². The Balaban J connectivity index is 1.64. The number of thioether (sulfide) groups is 1. The molecular formula is C15H25N3O5S. The van der Waals surface area contributed by atoms with E-state index in [-0.39, 0.29) is 11.5 Å². The summed E-state index contributed by atoms with van der Waals surface area (Å²) in [5, 5.41) is 30.9. The number of carboxylic acid groups (broad SMARTS) is 1. The van der Waals surface area contributed by atoms with Gasteiger partial charge in [-0.1, -0.05) is 11.8 Å². The molecule has 3 aliphatic rings. The lowest BCUT2D eigenvalue weighted by atomic mass is 9.94. The van der Waals surface area contributed by atoms with E-state index in [9.17, 15) is 20.1 Å². The van der Waals surface area contributed by atoms with Crippen molar-refractivity contribution in [1.82, 2.24) is 9.80 Å². The number of likely N-dealkylation sites (tertiary alicyclic amines) is 1. The number of hydrogen-bond donors (Lipinski definition) is 3. The van der Waals surface area contributed by atoms with Gasteiger partial charge in [-0.15, -0.1) is 0 Å². The summed E-state index contributed by atoms with van der Waals surface area (Å²) in [4.78, 5) is 19.2. The zero-order chi connectivity index (χ0) is 17.4. The molecule has 0 aromatic heterocycles. The molecule has 2 saturated heterocycles. The Bertz CT molecular complexity index is 515. The number of hydrogen-bond acceptors (Lipinski definition) is 7. The van der Waals surface area contributed by atoms with Gasteiger partial charge in [-0.25, -0.2) is 4.79 Å². The standard InChI is InChI=1S/C15H25N3O5S/c1-3-18(15(21)22)8(2)7-9-11(19)12(20)10-13(23-9)24-14(16-10)17-5-4-6-17/h8-13,19-20H,3-7H2,1-2H3,(H,21,22)/t8?,9-,10-,11-,12-,13-/m1/s1. The third kappa shape index (κ3) is 3.22. The van der Waals surface area contributed by atoms with E-state index >= 15 is 0 Å². The van der Waals surface area contributed by atoms with Crippen LogP contribution < -0.4 is 0 Å². The molecule has 1 amide bonds. The second-order valence-electron chi connectivity index (χ2n) is 6.54. The van der Waals surface area contributed by atoms with Crippen LogP contribution in [0, 0.1) is 0 Å². The first-order valence-corrected chi connectivity index (χ1v) is 9.31. The summed E-state index contributed by atoms with van der Waals surface area (Å²) in [6.07, 6.45) is -2.19. The molecule has 1 unspecified atom stereocenters. The van der Waals surface area contributed by atoms with E-state index in [1.165, 1.54) is 16.7 Å². The Labute approximate surface area is 145 Å². The minimum Gasteiger partial charge on any atom is -0.465 e. The SMILES string of the molecule is CCN(C(=O)O)C(C)C[C@H]1O[C@@H]2SC(N3CCC3)=N[C@@H]2[C@@H](O)[C@@H]1O. The second-order valence-corrected chi connectivity index (χ2v) is 7.60. The molecule has 6 atom stereocenters. The highest BCUT2D eigenvalue weighted by Gasteiger charge is 2.49. The van der Waals surface area contributed by atoms with Crippen molar-refractivity contribution in [2.75, 3.05) is 19.6 Å². The van der Waals surface area contributed by atoms with Gasteiger partial charge in [-0.05, 0) is 26.7 Å². The van der Waals surface area contributed by atoms with Crippen LogP contribution in [-0.4, -0.2) is 91.8 Å². The van der Waals surface area contributed by atoms with E-state index in [2.05, 4.69) is 9.89 Å². The van der Waals surface area contributed by atoms with Gasteiger partial charge in [0.05, 0.1) is 6.10 Å². The van der Waals surface area contributed by atoms with Crippen LogP contribution in [0.15, 0.2) is 4.99 Å². The number of aliphatic hydroxyl groups excluding tert-OH is 2. The predicted octanol–water partition coefficient (Wildman–Crippen LogP) is 0.389. The Morgan fingerprint density at radius 1 is 1.46 bits per heavy atom. The van der Waals surface area contributed by atoms with Crippen LogP contribution in [0.1, 0.15) is 26.7 Å². The minimum absolute atomic E-state index is 0.307. The molecule has 9 heteroatoms. The zero-order valence-electron chi connectivity index (χ0n) is 13.9. The number of aliphatic imine (C=N–C) groups is 1. The van der Waals surface area contributed by atoms with Crippen LogP contribution in [0.4, 0.5) is 4.79 Å². The maximum absolute atomic E-state index is 11.2. The van der Waals surface area contributed by atoms with Gasteiger partial charge in [0, 0.05) is 25.7 Å². The lowest BCUT2D eigenvalue weighted by Crippen LogP contribution is -2.56. The molecule has 24 heavy (non-hydrogen) atoms. The zero-order valence-corrected chi connectivity index (χ0v) is 14.7. The molecule has 0 bridgehead atoms. The highest BCUT2D eigenvalue weighted by Crippen LogP contribution is 2.39. The summed E-state index contributed by atoms with van der Waals surface area (Å²) < 4.78 is 5.98. The van der Waals surface area contributed by atoms with Crippen LogP contribution in [0.3, 0.4) is 0 Å². The molecule has 3 N–H and O–H groups in total. The van der Waals surface area contributed by atoms with Gasteiger partial charge in [-0.3, -0.25) is 4.99 Å². The van der Waals surface area contributed by atoms with E-state index in [1.54, 1.807) is 13.8 Å². The Kier molecular flexibility index (Phi) is 5.24. The van der Waals surface area contributed by atoms with E-state index < -0.39 is 30.4 Å². The molecule has 3 aliphatic heterocycles. The number of amides is 1. The van der Waals surface area contributed by atoms with E-state index in [0.717, 1.165) is 24.7 Å². The molecule has 0 saturated carbocycles. The van der Waals surface area contributed by atoms with E-state index in [0.29, 0.717) is 13.0 Å². The van der Waals surface area contributed by atoms with Crippen LogP contribution in [0.5, 0.6) is 0 Å². The number of aliphatic hydroxyl groups is 2. The third-order valence-electron chi connectivity index (χ3n) is 4.97. The van der Waals surface area contributed by atoms with Gasteiger partial charge in [0.2, 0.25) is 0 Å². The number of rotatable bonds is 4. The molecule has 8 nitrogen and oxygen atoms in total. The molecule has 0 aromatic carbocycles. The smallest absolute Gasteiger partial charge is 0.407 e. The fourth-order valence-electron chi connectivity index (χ4n) is 3.37. The summed E-state index contributed by atoms with van der Waals surface area (Å²) >= 11 is 1.49. The fourth-order valence-corrected chi connectivity index (χ4v) is 4.65. The summed E-state index contributed by atoms with van der Waals surface area (Å²) in [5.41, 5.74) is -0.323. The molecule has 0 aliphatic carbocycles. The van der Waals surface area contributed by atoms with Gasteiger partial charge in [0.15, 0.2) is 5.17 Å². The van der Waals surface area contributed by atoms with Crippen LogP contribution in [-0.2, 0) is 4.74 Å². The lowest BCUT2D eigenvalue weighted by molar-refractivity contribution is -0.158. The van der Waals surface area contributed by atoms with Crippen molar-refractivity contribution in [3.63, 3.8) is 0 Å². The van der Waals surface area contributed by atoms with Gasteiger partial charge < -0.3 is 29.9 Å². The molecule has 0 radical (unpaired) electrons. The second kappa shape index (κ2) is 7.07. The van der Waals surface area contributed by atoms with Gasteiger partial charge in [0.1, 0.15) is 23.7 Å². The van der Waals surface area contributed by atoms with Gasteiger partial charge >= 0.3 is 6.09 Å². The van der Waals surface area contributed by atoms with E-state index in [1.807, 2.05) is 0 Å². The summed E-state index contributed by atoms with van der Waals surface area (Å²) in [6, 6.07) is -0.771. The normalized spacial score (nSPS) is 36.6. The largest absolute Gasteiger partial charge is 0.465 e. The third-order valence-corrected chi connectivity index (χ3v) is 6.16. The average Bonchev–Trinajstić information content (AvgIpc) is 2.86. The highest BCUT2D eigenvalue weighted by atomic mass is 32.2. The highest BCUT2D eigenvalue weighted by molar-refractivity contribution is 8.14. The summed E-state index contributed by atoms with van der Waals surface area (Å²) in [7, 11) is 0. The molecule has 2 fully saturated rings. The topological polar surface area (TPSA) is 106 Å². The van der Waals surface area contributed by atoms with Crippen molar-refractivity contribution in [2.45, 2.75) is 62.5 Å². The van der Waals surface area contributed by atoms with Crippen molar-refractivity contribution in [3.05, 3.63) is 0 Å². The van der Waals surface area contributed by atoms with Crippen molar-refractivity contribution in [2.24, 2.45) is 4.99 Å². The molecule has 136 valence electrons. The van der Waals surface area contributed by atoms with Crippen molar-refractivity contribution in [1.29, 1.82) is 0 Å². The fraction of sp³-hybridized carbons (Fsp3) is 0.867. The van der Waals surface area contributed by atoms with Crippen molar-refractivity contribution >= 4 is 23.0 Å². The molecular weight excluding hydrogens is 334 g/mol. The maximum Gasteiger partial charge on any atom is 0.407 e. The van der Waals surface area contributed by atoms with E-state index in [4.69, 9.17) is 4.74 Å². The number of fused-ring (bicyclic) bond motifs is 1. The van der Waals surface area contributed by atoms with Crippen LogP contribution in [0.25, 0.3) is 0 Å². The minimum atomic E-state index is -1.07. The number of carbonyl (C=O) groups is 1. The number of ether oxygens (including phenoxy) is 1. The number of amidine groups is 1. The lowest BCUT2D eigenvalue weighted by Gasteiger charge is -2.40. The maximum atomic E-state index is 11.2. The summed E-state index contributed by atoms with van der Waals surface area (Å²) in [5.74, 6) is 0. The molecule has 0 aromatic rings. The van der Waals surface area contributed by atoms with Crippen LogP contribution in [0.2, 0.25) is 0 Å². The first-order valence-electron chi connectivity index (χ1n) is 8.43. The molecule has 3 rings (SSSR count). The van der Waals surface area contributed by atoms with Gasteiger partial charge in [0.25, 0.3) is 0 Å². The summed E-state index contributed by atoms with van der Waals surface area (Å²) in [6.45, 7) is 5.86. The number of nitrogens with zero attached hydrogens (tertiary/aromatic N) is 3. The van der Waals surface area contributed by atoms with Crippen molar-refractivity contribution in [3.8, 4) is 0 Å². The Hall–Kier alpha value is -1.03. The van der Waals surface area contributed by atoms with Crippen LogP contribution >= 0.6 is 11.8 Å². The first kappa shape index (κ1) is 17.8. The first-order chi connectivity index (χ1) is 11.4. The molecule has 0 spiro atoms. The monoisotopic (exact) mass is 359 g/mol. The average molecular weight is 359 g/mol. The quantitative estimate of drug-likeness (QED) is 0.667. The Morgan fingerprint density at radius 2 is 2.17 bits per heavy atom. The molecule has 3 heterocycles.